The lowest BCUT2D eigenvalue weighted by Gasteiger charge is -2.18. The van der Waals surface area contributed by atoms with Crippen LogP contribution >= 0.6 is 0 Å². The fourth-order valence-corrected chi connectivity index (χ4v) is 3.50. The zero-order valence-electron chi connectivity index (χ0n) is 19.0. The van der Waals surface area contributed by atoms with Gasteiger partial charge in [0.2, 0.25) is 5.88 Å². The maximum absolute atomic E-state index is 12.8. The molecule has 4 rings (SSSR count). The molecule has 0 aliphatic heterocycles. The molecule has 0 fully saturated rings. The molecule has 8 nitrogen and oxygen atoms in total. The average molecular weight is 469 g/mol. The van der Waals surface area contributed by atoms with Gasteiger partial charge in [0.1, 0.15) is 0 Å². The number of aliphatic hydroxyl groups is 1. The number of carbonyl (C=O) groups excluding carboxylic acids is 2. The van der Waals surface area contributed by atoms with Crippen LogP contribution in [0.4, 0.5) is 5.69 Å². The van der Waals surface area contributed by atoms with Crippen molar-refractivity contribution in [2.45, 2.75) is 6.04 Å². The van der Waals surface area contributed by atoms with E-state index in [0.29, 0.717) is 28.3 Å². The van der Waals surface area contributed by atoms with Gasteiger partial charge in [0.15, 0.2) is 0 Å². The minimum atomic E-state index is -0.684. The fraction of sp³-hybridized carbons (Fsp3) is 0.111. The van der Waals surface area contributed by atoms with Gasteiger partial charge < -0.3 is 20.5 Å². The molecule has 8 heteroatoms. The highest BCUT2D eigenvalue weighted by atomic mass is 16.5. The Hall–Kier alpha value is -4.56. The highest BCUT2D eigenvalue weighted by Gasteiger charge is 2.17. The summed E-state index contributed by atoms with van der Waals surface area (Å²) in [5.41, 5.74) is 3.85. The van der Waals surface area contributed by atoms with E-state index >= 15 is 0 Å². The quantitative estimate of drug-likeness (QED) is 0.362. The Morgan fingerprint density at radius 1 is 0.914 bits per heavy atom. The number of aliphatic hydroxyl groups excluding tert-OH is 1. The van der Waals surface area contributed by atoms with Gasteiger partial charge in [0.25, 0.3) is 11.8 Å². The van der Waals surface area contributed by atoms with Crippen molar-refractivity contribution in [1.29, 1.82) is 0 Å². The van der Waals surface area contributed by atoms with Crippen LogP contribution in [-0.2, 0) is 0 Å². The lowest BCUT2D eigenvalue weighted by molar-refractivity contribution is 0.0916. The number of pyridine rings is 2. The number of hydrogen-bond donors (Lipinski definition) is 3. The lowest BCUT2D eigenvalue weighted by Crippen LogP contribution is -2.31. The molecular weight excluding hydrogens is 444 g/mol. The van der Waals surface area contributed by atoms with E-state index in [1.165, 1.54) is 13.3 Å². The van der Waals surface area contributed by atoms with Gasteiger partial charge in [0, 0.05) is 29.6 Å². The van der Waals surface area contributed by atoms with Crippen LogP contribution in [0.5, 0.6) is 5.88 Å². The van der Waals surface area contributed by atoms with Crippen LogP contribution in [0.1, 0.15) is 32.3 Å². The van der Waals surface area contributed by atoms with Gasteiger partial charge in [-0.3, -0.25) is 14.6 Å². The van der Waals surface area contributed by atoms with Gasteiger partial charge in [-0.1, -0.05) is 30.3 Å². The Bertz CT molecular complexity index is 1290. The first kappa shape index (κ1) is 23.6. The van der Waals surface area contributed by atoms with E-state index < -0.39 is 6.04 Å². The van der Waals surface area contributed by atoms with Crippen molar-refractivity contribution in [2.75, 3.05) is 19.0 Å². The summed E-state index contributed by atoms with van der Waals surface area (Å²) < 4.78 is 5.02. The lowest BCUT2D eigenvalue weighted by atomic mass is 10.0. The Kier molecular flexibility index (Phi) is 7.44. The van der Waals surface area contributed by atoms with Crippen molar-refractivity contribution in [3.8, 4) is 17.0 Å². The molecule has 35 heavy (non-hydrogen) atoms. The van der Waals surface area contributed by atoms with Gasteiger partial charge >= 0.3 is 0 Å². The van der Waals surface area contributed by atoms with Crippen LogP contribution in [0.2, 0.25) is 0 Å². The average Bonchev–Trinajstić information content (AvgIpc) is 2.92. The van der Waals surface area contributed by atoms with E-state index in [0.717, 1.165) is 11.1 Å². The Balaban J connectivity index is 1.44. The molecule has 0 aliphatic rings. The number of amides is 2. The van der Waals surface area contributed by atoms with Crippen LogP contribution in [0.15, 0.2) is 91.4 Å². The summed E-state index contributed by atoms with van der Waals surface area (Å²) >= 11 is 0. The van der Waals surface area contributed by atoms with Gasteiger partial charge in [0.05, 0.1) is 31.6 Å². The number of rotatable bonds is 8. The molecule has 2 aromatic heterocycles. The molecule has 0 saturated carbocycles. The van der Waals surface area contributed by atoms with Gasteiger partial charge in [-0.15, -0.1) is 0 Å². The highest BCUT2D eigenvalue weighted by Crippen LogP contribution is 2.20. The van der Waals surface area contributed by atoms with Crippen molar-refractivity contribution in [2.24, 2.45) is 0 Å². The van der Waals surface area contributed by atoms with E-state index in [9.17, 15) is 14.7 Å². The van der Waals surface area contributed by atoms with Crippen molar-refractivity contribution in [3.05, 3.63) is 108 Å². The maximum Gasteiger partial charge on any atom is 0.255 e. The van der Waals surface area contributed by atoms with Crippen LogP contribution in [0.25, 0.3) is 11.1 Å². The second-order valence-electron chi connectivity index (χ2n) is 7.70. The summed E-state index contributed by atoms with van der Waals surface area (Å²) in [6.07, 6.45) is 4.96. The van der Waals surface area contributed by atoms with E-state index in [4.69, 9.17) is 4.74 Å². The highest BCUT2D eigenvalue weighted by molar-refractivity contribution is 6.04. The zero-order valence-corrected chi connectivity index (χ0v) is 19.0. The molecule has 0 radical (unpaired) electrons. The molecule has 0 bridgehead atoms. The normalized spacial score (nSPS) is 11.4. The minimum Gasteiger partial charge on any atom is -0.481 e. The first-order chi connectivity index (χ1) is 17.1. The number of benzene rings is 2. The number of methoxy groups -OCH3 is 1. The molecule has 2 heterocycles. The maximum atomic E-state index is 12.8. The van der Waals surface area contributed by atoms with Crippen molar-refractivity contribution < 1.29 is 19.4 Å². The Morgan fingerprint density at radius 2 is 1.74 bits per heavy atom. The van der Waals surface area contributed by atoms with E-state index in [1.54, 1.807) is 60.9 Å². The fourth-order valence-electron chi connectivity index (χ4n) is 3.50. The van der Waals surface area contributed by atoms with Gasteiger partial charge in [-0.25, -0.2) is 4.98 Å². The molecule has 2 aromatic carbocycles. The predicted molar refractivity (Wildman–Crippen MR) is 132 cm³/mol. The molecule has 176 valence electrons. The number of hydrogen-bond acceptors (Lipinski definition) is 6. The van der Waals surface area contributed by atoms with Crippen LogP contribution < -0.4 is 15.4 Å². The van der Waals surface area contributed by atoms with Crippen LogP contribution in [0.3, 0.4) is 0 Å². The number of nitrogens with zero attached hydrogens (tertiary/aromatic N) is 2. The summed E-state index contributed by atoms with van der Waals surface area (Å²) in [6, 6.07) is 20.3. The second kappa shape index (κ2) is 11.0. The third kappa shape index (κ3) is 5.87. The molecule has 1 atom stereocenters. The molecule has 3 N–H and O–H groups in total. The number of aromatic nitrogens is 2. The summed E-state index contributed by atoms with van der Waals surface area (Å²) in [4.78, 5) is 33.7. The third-order valence-electron chi connectivity index (χ3n) is 5.38. The van der Waals surface area contributed by atoms with E-state index in [1.807, 2.05) is 24.3 Å². The van der Waals surface area contributed by atoms with E-state index in [2.05, 4.69) is 20.6 Å². The van der Waals surface area contributed by atoms with Gasteiger partial charge in [-0.05, 0) is 53.1 Å². The number of ether oxygens (including phenoxy) is 1. The summed E-state index contributed by atoms with van der Waals surface area (Å²) in [6.45, 7) is -0.326. The number of anilines is 1. The molecule has 0 unspecified atom stereocenters. The molecule has 0 spiro atoms. The minimum absolute atomic E-state index is 0.326. The van der Waals surface area contributed by atoms with Crippen molar-refractivity contribution >= 4 is 17.5 Å². The van der Waals surface area contributed by atoms with Crippen LogP contribution in [0, 0.1) is 0 Å². The topological polar surface area (TPSA) is 113 Å². The predicted octanol–water partition coefficient (Wildman–Crippen LogP) is 3.87. The monoisotopic (exact) mass is 468 g/mol. The van der Waals surface area contributed by atoms with Gasteiger partial charge in [-0.2, -0.15) is 0 Å². The van der Waals surface area contributed by atoms with Crippen LogP contribution in [-0.4, -0.2) is 40.6 Å². The second-order valence-corrected chi connectivity index (χ2v) is 7.70. The smallest absolute Gasteiger partial charge is 0.255 e. The van der Waals surface area contributed by atoms with E-state index in [-0.39, 0.29) is 18.4 Å². The molecule has 2 amide bonds. The van der Waals surface area contributed by atoms with Crippen molar-refractivity contribution in [1.82, 2.24) is 15.3 Å². The molecule has 0 saturated heterocycles. The number of nitrogens with one attached hydrogen (secondary N) is 2. The molecule has 0 aliphatic carbocycles. The zero-order chi connectivity index (χ0) is 24.6. The Morgan fingerprint density at radius 3 is 2.40 bits per heavy atom. The summed E-state index contributed by atoms with van der Waals surface area (Å²) in [5.74, 6) is -0.230. The summed E-state index contributed by atoms with van der Waals surface area (Å²) in [7, 11) is 1.51. The summed E-state index contributed by atoms with van der Waals surface area (Å²) in [5, 5.41) is 15.5. The number of carbonyl (C=O) groups is 2. The first-order valence-electron chi connectivity index (χ1n) is 10.9. The largest absolute Gasteiger partial charge is 0.481 e. The molecular formula is C27H24N4O4. The third-order valence-corrected chi connectivity index (χ3v) is 5.38. The first-order valence-corrected chi connectivity index (χ1v) is 10.9. The van der Waals surface area contributed by atoms with Crippen molar-refractivity contribution in [3.63, 3.8) is 0 Å². The SMILES string of the molecule is COc1ccc(NC(=O)c2cccc([C@@H](CO)NC(=O)c3ccc(-c4cccnc4)cc3)c2)cn1. The standard InChI is InChI=1S/C27H24N4O4/c1-35-25-12-11-23(16-29-25)30-27(34)21-5-2-4-20(14-21)24(17-32)31-26(33)19-9-7-18(8-10-19)22-6-3-13-28-15-22/h2-16,24,32H,17H2,1H3,(H,30,34)(H,31,33)/t24-/m1/s1. The molecule has 4 aromatic rings. The Labute approximate surface area is 202 Å².